The maximum atomic E-state index is 13.6. The van der Waals surface area contributed by atoms with E-state index in [1.54, 1.807) is 0 Å². The molecule has 1 aliphatic rings. The second kappa shape index (κ2) is 10.3. The van der Waals surface area contributed by atoms with Crippen molar-refractivity contribution in [2.24, 2.45) is 0 Å². The highest BCUT2D eigenvalue weighted by atomic mass is 35.5. The van der Waals surface area contributed by atoms with E-state index in [1.807, 2.05) is 0 Å². The van der Waals surface area contributed by atoms with Crippen molar-refractivity contribution in [2.75, 3.05) is 6.26 Å². The van der Waals surface area contributed by atoms with Gasteiger partial charge in [-0.25, -0.2) is 18.1 Å². The summed E-state index contributed by atoms with van der Waals surface area (Å²) in [5, 5.41) is 17.7. The molecule has 5 aromatic rings. The summed E-state index contributed by atoms with van der Waals surface area (Å²) < 4.78 is 104. The minimum absolute atomic E-state index is 0.000181. The fourth-order valence-corrected chi connectivity index (χ4v) is 5.97. The first-order chi connectivity index (χ1) is 20.6. The summed E-state index contributed by atoms with van der Waals surface area (Å²) in [4.78, 5) is 3.24. The second-order valence-electron chi connectivity index (χ2n) is 9.59. The van der Waals surface area contributed by atoms with Crippen molar-refractivity contribution in [3.8, 4) is 45.3 Å². The second-order valence-corrected chi connectivity index (χ2v) is 12.0. The first kappa shape index (κ1) is 29.5. The van der Waals surface area contributed by atoms with Gasteiger partial charge in [0.15, 0.2) is 27.0 Å². The third-order valence-electron chi connectivity index (χ3n) is 6.65. The monoisotopic (exact) mass is 653 g/mol. The molecule has 2 aromatic heterocycles. The zero-order valence-electron chi connectivity index (χ0n) is 22.1. The molecule has 3 heterocycles. The Hall–Kier alpha value is -4.54. The van der Waals surface area contributed by atoms with Crippen LogP contribution in [0.15, 0.2) is 72.1 Å². The van der Waals surface area contributed by atoms with Crippen LogP contribution in [0.25, 0.3) is 33.8 Å². The zero-order valence-corrected chi connectivity index (χ0v) is 23.6. The van der Waals surface area contributed by atoms with Gasteiger partial charge in [-0.15, -0.1) is 13.9 Å². The van der Waals surface area contributed by atoms with E-state index < -0.39 is 34.6 Å². The molecule has 0 saturated carbocycles. The average Bonchev–Trinajstić information content (AvgIpc) is 3.68. The third kappa shape index (κ3) is 5.35. The van der Waals surface area contributed by atoms with Crippen LogP contribution < -0.4 is 9.47 Å². The first-order valence-corrected chi connectivity index (χ1v) is 14.6. The number of hydrogen-bond donors (Lipinski definition) is 1. The summed E-state index contributed by atoms with van der Waals surface area (Å²) in [5.74, 6) is -0.464. The van der Waals surface area contributed by atoms with Crippen LogP contribution >= 0.6 is 11.6 Å². The summed E-state index contributed by atoms with van der Waals surface area (Å²) in [5.41, 5.74) is 0.322. The van der Waals surface area contributed by atoms with Gasteiger partial charge in [-0.1, -0.05) is 22.9 Å². The highest BCUT2D eigenvalue weighted by Crippen LogP contribution is 2.43. The molecule has 0 bridgehead atoms. The molecule has 1 aliphatic heterocycles. The Morgan fingerprint density at radius 2 is 1.70 bits per heavy atom. The quantitative estimate of drug-likeness (QED) is 0.233. The van der Waals surface area contributed by atoms with E-state index in [9.17, 15) is 35.5 Å². The number of fused-ring (bicyclic) bond motifs is 1. The number of halogens is 6. The molecule has 0 fully saturated rings. The Balaban J connectivity index is 1.55. The predicted octanol–water partition coefficient (Wildman–Crippen LogP) is 5.68. The summed E-state index contributed by atoms with van der Waals surface area (Å²) in [7, 11) is -3.84. The van der Waals surface area contributed by atoms with Crippen molar-refractivity contribution in [1.82, 2.24) is 24.5 Å². The number of aliphatic hydroxyl groups is 1. The molecule has 228 valence electrons. The lowest BCUT2D eigenvalue weighted by molar-refractivity contribution is -0.286. The van der Waals surface area contributed by atoms with Crippen LogP contribution in [0.3, 0.4) is 0 Å². The Kier molecular flexibility index (Phi) is 6.90. The number of rotatable bonds is 6. The number of sulfone groups is 1. The van der Waals surface area contributed by atoms with Crippen LogP contribution in [0, 0.1) is 0 Å². The molecule has 0 radical (unpaired) electrons. The Morgan fingerprint density at radius 3 is 2.39 bits per heavy atom. The van der Waals surface area contributed by atoms with E-state index >= 15 is 0 Å². The van der Waals surface area contributed by atoms with E-state index in [1.165, 1.54) is 59.4 Å². The van der Waals surface area contributed by atoms with E-state index in [2.05, 4.69) is 24.8 Å². The number of hydrogen-bond acceptors (Lipinski definition) is 8. The van der Waals surface area contributed by atoms with Crippen molar-refractivity contribution in [3.05, 3.63) is 83.5 Å². The molecule has 3 aromatic carbocycles. The number of aliphatic hydroxyl groups excluding tert-OH is 1. The molecule has 0 atom stereocenters. The molecular weight excluding hydrogens is 637 g/mol. The molecule has 0 amide bonds. The van der Waals surface area contributed by atoms with Crippen LogP contribution in [0.2, 0.25) is 5.02 Å². The van der Waals surface area contributed by atoms with E-state index in [4.69, 9.17) is 11.6 Å². The van der Waals surface area contributed by atoms with Gasteiger partial charge in [-0.3, -0.25) is 0 Å². The molecule has 6 rings (SSSR count). The van der Waals surface area contributed by atoms with Gasteiger partial charge in [0, 0.05) is 28.6 Å². The number of benzene rings is 3. The molecule has 0 spiro atoms. The Bertz CT molecular complexity index is 2040. The highest BCUT2D eigenvalue weighted by molar-refractivity contribution is 7.90. The molecule has 0 saturated heterocycles. The van der Waals surface area contributed by atoms with Crippen molar-refractivity contribution >= 4 is 21.4 Å². The SMILES string of the molecule is CS(=O)(=O)c1cc(-c2ccc(-n3cnc(C(F)(F)F)c3)c(-n3nncc3-c3ccc4c(c3)OC(F)(F)O4)c2)cc(Cl)c1CO. The zero-order chi connectivity index (χ0) is 31.6. The number of aromatic nitrogens is 5. The van der Waals surface area contributed by atoms with Crippen LogP contribution in [0.5, 0.6) is 11.5 Å². The van der Waals surface area contributed by atoms with Crippen LogP contribution in [-0.2, 0) is 22.6 Å². The van der Waals surface area contributed by atoms with Gasteiger partial charge in [0.2, 0.25) is 0 Å². The van der Waals surface area contributed by atoms with Crippen molar-refractivity contribution in [1.29, 1.82) is 0 Å². The van der Waals surface area contributed by atoms with Gasteiger partial charge >= 0.3 is 12.5 Å². The molecule has 17 heteroatoms. The fourth-order valence-electron chi connectivity index (χ4n) is 4.67. The predicted molar refractivity (Wildman–Crippen MR) is 145 cm³/mol. The lowest BCUT2D eigenvalue weighted by Crippen LogP contribution is -2.25. The van der Waals surface area contributed by atoms with Crippen LogP contribution in [0.4, 0.5) is 22.0 Å². The van der Waals surface area contributed by atoms with Crippen molar-refractivity contribution in [2.45, 2.75) is 24.0 Å². The summed E-state index contributed by atoms with van der Waals surface area (Å²) in [6, 6.07) is 11.2. The lowest BCUT2D eigenvalue weighted by atomic mass is 10.0. The average molecular weight is 654 g/mol. The normalized spacial score (nSPS) is 14.3. The van der Waals surface area contributed by atoms with E-state index in [-0.39, 0.29) is 44.0 Å². The summed E-state index contributed by atoms with van der Waals surface area (Å²) in [6.07, 6.45) is -4.62. The molecule has 0 unspecified atom stereocenters. The minimum Gasteiger partial charge on any atom is -0.395 e. The number of nitrogens with zero attached hydrogens (tertiary/aromatic N) is 5. The molecule has 0 aliphatic carbocycles. The maximum absolute atomic E-state index is 13.6. The molecule has 10 nitrogen and oxygen atoms in total. The van der Waals surface area contributed by atoms with E-state index in [0.29, 0.717) is 16.7 Å². The fraction of sp³-hybridized carbons (Fsp3) is 0.148. The topological polar surface area (TPSA) is 121 Å². The molecule has 44 heavy (non-hydrogen) atoms. The van der Waals surface area contributed by atoms with Crippen molar-refractivity contribution < 1.29 is 45.0 Å². The largest absolute Gasteiger partial charge is 0.586 e. The van der Waals surface area contributed by atoms with Crippen LogP contribution in [0.1, 0.15) is 11.3 Å². The van der Waals surface area contributed by atoms with Gasteiger partial charge in [-0.05, 0) is 53.6 Å². The lowest BCUT2D eigenvalue weighted by Gasteiger charge is -2.16. The van der Waals surface area contributed by atoms with Crippen molar-refractivity contribution in [3.63, 3.8) is 0 Å². The summed E-state index contributed by atoms with van der Waals surface area (Å²) in [6.45, 7) is -0.641. The summed E-state index contributed by atoms with van der Waals surface area (Å²) >= 11 is 6.33. The smallest absolute Gasteiger partial charge is 0.395 e. The molecule has 1 N–H and O–H groups in total. The first-order valence-electron chi connectivity index (χ1n) is 12.4. The van der Waals surface area contributed by atoms with Crippen LogP contribution in [-0.4, -0.2) is 50.6 Å². The van der Waals surface area contributed by atoms with E-state index in [0.717, 1.165) is 23.3 Å². The number of ether oxygens (including phenoxy) is 2. The standard InChI is InChI=1S/C27H17ClF5N5O5S/c1-44(40,41)24-9-16(6-18(28)17(24)12-39)14-2-4-19(37-11-25(34-13-37)26(29,30)31)20(7-14)38-21(10-35-36-38)15-3-5-22-23(8-15)43-27(32,33)42-22/h2-11,13,39H,12H2,1H3. The highest BCUT2D eigenvalue weighted by Gasteiger charge is 2.43. The van der Waals surface area contributed by atoms with Gasteiger partial charge in [0.1, 0.15) is 0 Å². The van der Waals surface area contributed by atoms with Gasteiger partial charge in [0.05, 0.1) is 41.1 Å². The minimum atomic E-state index is -4.73. The maximum Gasteiger partial charge on any atom is 0.586 e. The van der Waals surface area contributed by atoms with Gasteiger partial charge < -0.3 is 19.1 Å². The number of imidazole rings is 1. The number of alkyl halides is 5. The Labute approximate surface area is 249 Å². The molecular formula is C27H17ClF5N5O5S. The van der Waals surface area contributed by atoms with Gasteiger partial charge in [0.25, 0.3) is 0 Å². The van der Waals surface area contributed by atoms with Gasteiger partial charge in [-0.2, -0.15) is 13.2 Å². The third-order valence-corrected chi connectivity index (χ3v) is 8.15. The Morgan fingerprint density at radius 1 is 0.977 bits per heavy atom.